The number of nitrogens with one attached hydrogen (secondary N) is 1. The first-order valence-corrected chi connectivity index (χ1v) is 13.2. The molecule has 2 aromatic heterocycles. The minimum atomic E-state index is -3.50. The molecule has 0 atom stereocenters. The highest BCUT2D eigenvalue weighted by Gasteiger charge is 2.22. The standard InChI is InChI=1S/C23H27ClN6O3S/c1-4-5-18-14(2)27-23(25)28-22(18)30-8-9-33-20-7-6-15(10-17(20)13-30)16-11-19(21(24)26-12-16)29-34(3,31)32/h6-7,10-12,29H,4-5,8-9,13H2,1-3H3,(H2,25,27,28). The number of pyridine rings is 1. The molecule has 4 rings (SSSR count). The smallest absolute Gasteiger partial charge is 0.229 e. The van der Waals surface area contributed by atoms with Crippen LogP contribution in [0.25, 0.3) is 11.1 Å². The van der Waals surface area contributed by atoms with Gasteiger partial charge in [-0.3, -0.25) is 4.72 Å². The van der Waals surface area contributed by atoms with Crippen LogP contribution in [0.2, 0.25) is 5.15 Å². The van der Waals surface area contributed by atoms with Gasteiger partial charge >= 0.3 is 0 Å². The molecule has 0 spiro atoms. The second kappa shape index (κ2) is 9.63. The average molecular weight is 503 g/mol. The lowest BCUT2D eigenvalue weighted by atomic mass is 10.0. The maximum atomic E-state index is 11.7. The van der Waals surface area contributed by atoms with Crippen LogP contribution in [0.5, 0.6) is 5.75 Å². The van der Waals surface area contributed by atoms with Gasteiger partial charge in [0.25, 0.3) is 0 Å². The van der Waals surface area contributed by atoms with Crippen molar-refractivity contribution in [2.45, 2.75) is 33.2 Å². The average Bonchev–Trinajstić information content (AvgIpc) is 2.98. The van der Waals surface area contributed by atoms with Gasteiger partial charge in [0.15, 0.2) is 5.15 Å². The van der Waals surface area contributed by atoms with Gasteiger partial charge in [-0.05, 0) is 37.1 Å². The molecule has 180 valence electrons. The highest BCUT2D eigenvalue weighted by Crippen LogP contribution is 2.34. The van der Waals surface area contributed by atoms with Crippen LogP contribution in [0.15, 0.2) is 30.5 Å². The third kappa shape index (κ3) is 5.34. The van der Waals surface area contributed by atoms with Crippen molar-refractivity contribution >= 4 is 39.1 Å². The number of nitrogens with zero attached hydrogens (tertiary/aromatic N) is 4. The van der Waals surface area contributed by atoms with Crippen molar-refractivity contribution in [3.8, 4) is 16.9 Å². The maximum absolute atomic E-state index is 11.7. The Hall–Kier alpha value is -3.11. The molecule has 34 heavy (non-hydrogen) atoms. The molecule has 0 saturated carbocycles. The molecule has 0 amide bonds. The van der Waals surface area contributed by atoms with Gasteiger partial charge in [-0.25, -0.2) is 18.4 Å². The number of halogens is 1. The van der Waals surface area contributed by atoms with Crippen molar-refractivity contribution < 1.29 is 13.2 Å². The van der Waals surface area contributed by atoms with Gasteiger partial charge in [-0.15, -0.1) is 0 Å². The van der Waals surface area contributed by atoms with E-state index in [-0.39, 0.29) is 16.8 Å². The second-order valence-electron chi connectivity index (χ2n) is 8.25. The fourth-order valence-corrected chi connectivity index (χ4v) is 4.80. The van der Waals surface area contributed by atoms with E-state index >= 15 is 0 Å². The summed E-state index contributed by atoms with van der Waals surface area (Å²) >= 11 is 6.09. The summed E-state index contributed by atoms with van der Waals surface area (Å²) in [5.74, 6) is 1.88. The molecule has 1 aliphatic heterocycles. The number of fused-ring (bicyclic) bond motifs is 1. The second-order valence-corrected chi connectivity index (χ2v) is 10.4. The van der Waals surface area contributed by atoms with Gasteiger partial charge in [-0.1, -0.05) is 31.0 Å². The lowest BCUT2D eigenvalue weighted by molar-refractivity contribution is 0.331. The Morgan fingerprint density at radius 1 is 1.24 bits per heavy atom. The topological polar surface area (TPSA) is 123 Å². The van der Waals surface area contributed by atoms with Crippen LogP contribution in [0.1, 0.15) is 30.2 Å². The zero-order chi connectivity index (χ0) is 24.5. The van der Waals surface area contributed by atoms with E-state index in [0.717, 1.165) is 58.6 Å². The minimum Gasteiger partial charge on any atom is -0.491 e. The SMILES string of the molecule is CCCc1c(C)nc(N)nc1N1CCOc2ccc(-c3cnc(Cl)c(NS(C)(=O)=O)c3)cc2C1. The summed E-state index contributed by atoms with van der Waals surface area (Å²) in [6, 6.07) is 7.51. The third-order valence-electron chi connectivity index (χ3n) is 5.52. The number of anilines is 3. The van der Waals surface area contributed by atoms with E-state index in [0.29, 0.717) is 19.7 Å². The monoisotopic (exact) mass is 502 g/mol. The van der Waals surface area contributed by atoms with Gasteiger partial charge in [0.05, 0.1) is 18.5 Å². The van der Waals surface area contributed by atoms with Gasteiger partial charge in [0, 0.05) is 35.1 Å². The predicted molar refractivity (Wildman–Crippen MR) is 135 cm³/mol. The maximum Gasteiger partial charge on any atom is 0.229 e. The van der Waals surface area contributed by atoms with E-state index in [2.05, 4.69) is 31.5 Å². The van der Waals surface area contributed by atoms with E-state index in [9.17, 15) is 8.42 Å². The van der Waals surface area contributed by atoms with Crippen LogP contribution in [0, 0.1) is 6.92 Å². The number of nitrogens with two attached hydrogens (primary N) is 1. The fraction of sp³-hybridized carbons (Fsp3) is 0.348. The van der Waals surface area contributed by atoms with Crippen molar-refractivity contribution in [2.75, 3.05) is 34.8 Å². The Bertz CT molecular complexity index is 1330. The summed E-state index contributed by atoms with van der Waals surface area (Å²) in [4.78, 5) is 15.2. The van der Waals surface area contributed by atoms with Gasteiger partial charge < -0.3 is 15.4 Å². The molecular weight excluding hydrogens is 476 g/mol. The number of sulfonamides is 1. The Kier molecular flexibility index (Phi) is 6.81. The lowest BCUT2D eigenvalue weighted by Crippen LogP contribution is -2.28. The van der Waals surface area contributed by atoms with Crippen molar-refractivity contribution in [1.82, 2.24) is 15.0 Å². The Labute approximate surface area is 204 Å². The molecule has 0 fully saturated rings. The Balaban J connectivity index is 1.71. The summed E-state index contributed by atoms with van der Waals surface area (Å²) in [5.41, 5.74) is 10.8. The van der Waals surface area contributed by atoms with Gasteiger partial charge in [-0.2, -0.15) is 4.98 Å². The summed E-state index contributed by atoms with van der Waals surface area (Å²) in [5, 5.41) is 0.0821. The summed E-state index contributed by atoms with van der Waals surface area (Å²) in [6.07, 6.45) is 4.51. The lowest BCUT2D eigenvalue weighted by Gasteiger charge is -2.25. The number of nitrogen functional groups attached to an aromatic ring is 1. The van der Waals surface area contributed by atoms with Crippen LogP contribution in [-0.2, 0) is 23.0 Å². The molecule has 1 aliphatic rings. The zero-order valence-corrected chi connectivity index (χ0v) is 20.9. The molecule has 0 saturated heterocycles. The van der Waals surface area contributed by atoms with Crippen LogP contribution in [0.3, 0.4) is 0 Å². The number of aromatic nitrogens is 3. The molecule has 3 N–H and O–H groups in total. The molecular formula is C23H27ClN6O3S. The molecule has 9 nitrogen and oxygen atoms in total. The summed E-state index contributed by atoms with van der Waals surface area (Å²) in [6.45, 7) is 5.82. The first kappa shape index (κ1) is 24.0. The number of aryl methyl sites for hydroxylation is 1. The quantitative estimate of drug-likeness (QED) is 0.488. The number of hydrogen-bond donors (Lipinski definition) is 2. The van der Waals surface area contributed by atoms with Crippen LogP contribution < -0.4 is 20.1 Å². The highest BCUT2D eigenvalue weighted by molar-refractivity contribution is 7.92. The number of hydrogen-bond acceptors (Lipinski definition) is 8. The molecule has 0 radical (unpaired) electrons. The van der Waals surface area contributed by atoms with Crippen molar-refractivity contribution in [3.05, 3.63) is 52.4 Å². The zero-order valence-electron chi connectivity index (χ0n) is 19.3. The molecule has 1 aromatic carbocycles. The molecule has 3 heterocycles. The van der Waals surface area contributed by atoms with Gasteiger partial charge in [0.1, 0.15) is 18.2 Å². The summed E-state index contributed by atoms with van der Waals surface area (Å²) in [7, 11) is -3.50. The van der Waals surface area contributed by atoms with Crippen molar-refractivity contribution in [1.29, 1.82) is 0 Å². The van der Waals surface area contributed by atoms with E-state index in [4.69, 9.17) is 22.1 Å². The normalized spacial score (nSPS) is 13.7. The minimum absolute atomic E-state index is 0.0821. The Morgan fingerprint density at radius 3 is 2.76 bits per heavy atom. The van der Waals surface area contributed by atoms with Gasteiger partial charge in [0.2, 0.25) is 16.0 Å². The first-order chi connectivity index (χ1) is 16.1. The molecule has 0 unspecified atom stereocenters. The number of rotatable bonds is 6. The largest absolute Gasteiger partial charge is 0.491 e. The van der Waals surface area contributed by atoms with E-state index in [1.165, 1.54) is 0 Å². The van der Waals surface area contributed by atoms with Crippen LogP contribution in [-0.4, -0.2) is 42.8 Å². The number of ether oxygens (including phenoxy) is 1. The van der Waals surface area contributed by atoms with Crippen LogP contribution in [0.4, 0.5) is 17.5 Å². The van der Waals surface area contributed by atoms with E-state index in [1.807, 2.05) is 25.1 Å². The van der Waals surface area contributed by atoms with Crippen molar-refractivity contribution in [2.24, 2.45) is 0 Å². The van der Waals surface area contributed by atoms with Crippen molar-refractivity contribution in [3.63, 3.8) is 0 Å². The molecule has 3 aromatic rings. The van der Waals surface area contributed by atoms with E-state index < -0.39 is 10.0 Å². The predicted octanol–water partition coefficient (Wildman–Crippen LogP) is 3.81. The fourth-order valence-electron chi connectivity index (χ4n) is 4.04. The Morgan fingerprint density at radius 2 is 2.03 bits per heavy atom. The molecule has 11 heteroatoms. The number of benzene rings is 1. The van der Waals surface area contributed by atoms with E-state index in [1.54, 1.807) is 12.3 Å². The molecule has 0 bridgehead atoms. The summed E-state index contributed by atoms with van der Waals surface area (Å²) < 4.78 is 31.8. The first-order valence-electron chi connectivity index (χ1n) is 10.9. The molecule has 0 aliphatic carbocycles. The third-order valence-corrected chi connectivity index (χ3v) is 6.41. The van der Waals surface area contributed by atoms with Crippen LogP contribution >= 0.6 is 11.6 Å². The highest BCUT2D eigenvalue weighted by atomic mass is 35.5.